The molecule has 19 heteroatoms. The first-order valence-electron chi connectivity index (χ1n) is 17.4. The molecule has 57 heavy (non-hydrogen) atoms. The van der Waals surface area contributed by atoms with Gasteiger partial charge < -0.3 is 19.9 Å². The standard InChI is InChI=1S/C38H33ClF4N6O7S/c1-55-24-5-3-20(4-6-24)18-48(57(53,54)26-8-9-26)36-33-28(39)11-12-31(34(33)47(46-36)19-32(42)43)49-35(44-29-17-25(56-2)7-10-27(29)37(49)50)30(45-38(51)52)15-21-13-22(40)16-23(41)14-21/h3-7,10-14,16-17,26,30,32,45H,8-9,15,18-19H2,1-2H3,(H,51,52). The van der Waals surface area contributed by atoms with Crippen LogP contribution in [0.2, 0.25) is 5.02 Å². The molecule has 1 saturated carbocycles. The lowest BCUT2D eigenvalue weighted by Crippen LogP contribution is -2.35. The van der Waals surface area contributed by atoms with Crippen LogP contribution in [-0.2, 0) is 29.5 Å². The zero-order valence-electron chi connectivity index (χ0n) is 30.1. The van der Waals surface area contributed by atoms with Crippen LogP contribution in [0.15, 0.2) is 77.6 Å². The van der Waals surface area contributed by atoms with E-state index < -0.39 is 64.0 Å². The second kappa shape index (κ2) is 15.6. The third-order valence-electron chi connectivity index (χ3n) is 9.40. The molecule has 1 aliphatic carbocycles. The first-order valence-corrected chi connectivity index (χ1v) is 19.2. The SMILES string of the molecule is COc1ccc(CN(c2nn(CC(F)F)c3c(-n4c(C(Cc5cc(F)cc(F)c5)NC(=O)O)nc5cc(OC)ccc5c4=O)ccc(Cl)c23)S(=O)(=O)C2CC2)cc1. The summed E-state index contributed by atoms with van der Waals surface area (Å²) in [7, 11) is -1.31. The van der Waals surface area contributed by atoms with E-state index >= 15 is 0 Å². The number of sulfonamides is 1. The number of rotatable bonds is 14. The third kappa shape index (κ3) is 7.91. The Bertz CT molecular complexity index is 2670. The summed E-state index contributed by atoms with van der Waals surface area (Å²) in [6.07, 6.45) is -4.35. The predicted octanol–water partition coefficient (Wildman–Crippen LogP) is 7.00. The molecule has 6 aromatic rings. The molecule has 1 amide bonds. The van der Waals surface area contributed by atoms with Crippen LogP contribution in [0.4, 0.5) is 28.2 Å². The van der Waals surface area contributed by atoms with Crippen LogP contribution in [0.3, 0.4) is 0 Å². The molecule has 2 heterocycles. The molecule has 1 atom stereocenters. The lowest BCUT2D eigenvalue weighted by Gasteiger charge is -2.24. The molecule has 2 N–H and O–H groups in total. The summed E-state index contributed by atoms with van der Waals surface area (Å²) in [6.45, 7) is -1.35. The minimum absolute atomic E-state index is 0.00823. The van der Waals surface area contributed by atoms with Gasteiger partial charge >= 0.3 is 6.09 Å². The van der Waals surface area contributed by atoms with Gasteiger partial charge in [-0.05, 0) is 72.5 Å². The summed E-state index contributed by atoms with van der Waals surface area (Å²) >= 11 is 6.82. The molecule has 1 fully saturated rings. The summed E-state index contributed by atoms with van der Waals surface area (Å²) in [5.41, 5.74) is -0.643. The smallest absolute Gasteiger partial charge is 0.405 e. The van der Waals surface area contributed by atoms with Crippen molar-refractivity contribution in [2.24, 2.45) is 0 Å². The molecule has 4 aromatic carbocycles. The van der Waals surface area contributed by atoms with Gasteiger partial charge in [0.05, 0.1) is 64.6 Å². The fourth-order valence-corrected chi connectivity index (χ4v) is 8.71. The van der Waals surface area contributed by atoms with Crippen LogP contribution in [0, 0.1) is 11.6 Å². The van der Waals surface area contributed by atoms with Crippen molar-refractivity contribution < 1.29 is 45.4 Å². The average Bonchev–Trinajstić information content (AvgIpc) is 3.96. The Balaban J connectivity index is 1.53. The van der Waals surface area contributed by atoms with Gasteiger partial charge in [-0.3, -0.25) is 14.0 Å². The minimum Gasteiger partial charge on any atom is -0.497 e. The highest BCUT2D eigenvalue weighted by atomic mass is 35.5. The second-order valence-electron chi connectivity index (χ2n) is 13.3. The topological polar surface area (TPSA) is 158 Å². The van der Waals surface area contributed by atoms with Crippen LogP contribution in [-0.4, -0.2) is 64.8 Å². The molecule has 7 rings (SSSR count). The van der Waals surface area contributed by atoms with Gasteiger partial charge in [0, 0.05) is 18.6 Å². The van der Waals surface area contributed by atoms with Crippen molar-refractivity contribution in [3.8, 4) is 17.2 Å². The molecule has 298 valence electrons. The number of methoxy groups -OCH3 is 2. The van der Waals surface area contributed by atoms with Crippen LogP contribution >= 0.6 is 11.6 Å². The number of aromatic nitrogens is 4. The maximum atomic E-state index is 14.7. The number of hydrogen-bond acceptors (Lipinski definition) is 8. The van der Waals surface area contributed by atoms with Crippen LogP contribution < -0.4 is 24.7 Å². The van der Waals surface area contributed by atoms with Gasteiger partial charge in [-0.15, -0.1) is 0 Å². The zero-order chi connectivity index (χ0) is 40.8. The van der Waals surface area contributed by atoms with Gasteiger partial charge in [-0.2, -0.15) is 5.10 Å². The number of amides is 1. The van der Waals surface area contributed by atoms with Crippen LogP contribution in [0.5, 0.6) is 11.5 Å². The van der Waals surface area contributed by atoms with Crippen LogP contribution in [0.1, 0.15) is 35.8 Å². The number of hydrogen-bond donors (Lipinski definition) is 2. The van der Waals surface area contributed by atoms with Gasteiger partial charge in [-0.25, -0.2) is 40.1 Å². The number of nitrogens with one attached hydrogen (secondary N) is 1. The number of fused-ring (bicyclic) bond motifs is 2. The van der Waals surface area contributed by atoms with E-state index in [-0.39, 0.29) is 62.0 Å². The summed E-state index contributed by atoms with van der Waals surface area (Å²) in [4.78, 5) is 31.6. The van der Waals surface area contributed by atoms with Gasteiger partial charge in [0.1, 0.15) is 35.5 Å². The highest BCUT2D eigenvalue weighted by molar-refractivity contribution is 7.93. The zero-order valence-corrected chi connectivity index (χ0v) is 31.7. The molecule has 0 aliphatic heterocycles. The Morgan fingerprint density at radius 2 is 1.65 bits per heavy atom. The van der Waals surface area contributed by atoms with E-state index in [0.29, 0.717) is 30.2 Å². The Morgan fingerprint density at radius 1 is 0.982 bits per heavy atom. The van der Waals surface area contributed by atoms with Crippen molar-refractivity contribution in [3.63, 3.8) is 0 Å². The van der Waals surface area contributed by atoms with E-state index in [1.165, 1.54) is 44.6 Å². The molecule has 0 spiro atoms. The fraction of sp³-hybridized carbons (Fsp3) is 0.263. The summed E-state index contributed by atoms with van der Waals surface area (Å²) in [5.74, 6) is -1.70. The predicted molar refractivity (Wildman–Crippen MR) is 203 cm³/mol. The summed E-state index contributed by atoms with van der Waals surface area (Å²) < 4.78 is 99.3. The molecule has 13 nitrogen and oxygen atoms in total. The summed E-state index contributed by atoms with van der Waals surface area (Å²) in [5, 5.41) is 15.7. The first kappa shape index (κ1) is 39.4. The second-order valence-corrected chi connectivity index (χ2v) is 15.8. The number of carboxylic acid groups (broad SMARTS) is 1. The first-order chi connectivity index (χ1) is 27.2. The quantitative estimate of drug-likeness (QED) is 0.110. The maximum Gasteiger partial charge on any atom is 0.405 e. The average molecular weight is 829 g/mol. The monoisotopic (exact) mass is 828 g/mol. The molecule has 0 saturated heterocycles. The number of halogens is 5. The van der Waals surface area contributed by atoms with E-state index in [4.69, 9.17) is 21.1 Å². The fourth-order valence-electron chi connectivity index (χ4n) is 6.69. The van der Waals surface area contributed by atoms with E-state index in [2.05, 4.69) is 15.4 Å². The molecular weight excluding hydrogens is 796 g/mol. The highest BCUT2D eigenvalue weighted by Gasteiger charge is 2.42. The number of ether oxygens (including phenoxy) is 2. The maximum absolute atomic E-state index is 14.7. The molecule has 2 aromatic heterocycles. The highest BCUT2D eigenvalue weighted by Crippen LogP contribution is 2.42. The van der Waals surface area contributed by atoms with Gasteiger partial charge in [0.15, 0.2) is 5.82 Å². The molecule has 1 aliphatic rings. The van der Waals surface area contributed by atoms with E-state index in [1.54, 1.807) is 24.3 Å². The third-order valence-corrected chi connectivity index (χ3v) is 11.9. The Kier molecular flexibility index (Phi) is 10.8. The van der Waals surface area contributed by atoms with E-state index in [9.17, 15) is 40.7 Å². The normalized spacial score (nSPS) is 13.6. The lowest BCUT2D eigenvalue weighted by molar-refractivity contribution is 0.123. The number of anilines is 1. The van der Waals surface area contributed by atoms with Gasteiger partial charge in [0.2, 0.25) is 10.0 Å². The summed E-state index contributed by atoms with van der Waals surface area (Å²) in [6, 6.07) is 14.6. The van der Waals surface area contributed by atoms with Crippen molar-refractivity contribution in [2.45, 2.75) is 50.1 Å². The van der Waals surface area contributed by atoms with Crippen molar-refractivity contribution in [2.75, 3.05) is 18.5 Å². The van der Waals surface area contributed by atoms with Crippen molar-refractivity contribution >= 4 is 55.3 Å². The Hall–Kier alpha value is -5.88. The van der Waals surface area contributed by atoms with Crippen molar-refractivity contribution in [3.05, 3.63) is 117 Å². The number of nitrogens with zero attached hydrogens (tertiary/aromatic N) is 5. The number of carbonyl (C=O) groups is 1. The number of alkyl halides is 2. The molecule has 0 radical (unpaired) electrons. The van der Waals surface area contributed by atoms with Gasteiger partial charge in [-0.1, -0.05) is 23.7 Å². The molecule has 0 bridgehead atoms. The van der Waals surface area contributed by atoms with E-state index in [1.807, 2.05) is 0 Å². The minimum atomic E-state index is -4.17. The largest absolute Gasteiger partial charge is 0.497 e. The van der Waals surface area contributed by atoms with Crippen LogP contribution in [0.25, 0.3) is 27.5 Å². The van der Waals surface area contributed by atoms with Gasteiger partial charge in [0.25, 0.3) is 12.0 Å². The molecule has 1 unspecified atom stereocenters. The van der Waals surface area contributed by atoms with Crippen molar-refractivity contribution in [1.29, 1.82) is 0 Å². The Morgan fingerprint density at radius 3 is 2.26 bits per heavy atom. The molecular formula is C38H33ClF4N6O7S. The number of benzene rings is 4. The Labute approximate surface area is 327 Å². The van der Waals surface area contributed by atoms with E-state index in [0.717, 1.165) is 25.7 Å². The van der Waals surface area contributed by atoms with Crippen molar-refractivity contribution in [1.82, 2.24) is 24.6 Å². The lowest BCUT2D eigenvalue weighted by atomic mass is 10.0.